The molecule has 0 saturated carbocycles. The molecule has 0 bridgehead atoms. The molecule has 0 spiro atoms. The monoisotopic (exact) mass is 657 g/mol. The van der Waals surface area contributed by atoms with Gasteiger partial charge >= 0.3 is 5.97 Å². The van der Waals surface area contributed by atoms with Crippen molar-refractivity contribution in [3.63, 3.8) is 0 Å². The number of hydrogen-bond donors (Lipinski definition) is 1. The molecule has 1 fully saturated rings. The van der Waals surface area contributed by atoms with E-state index in [0.29, 0.717) is 22.4 Å². The average molecular weight is 659 g/mol. The van der Waals surface area contributed by atoms with E-state index in [4.69, 9.17) is 14.2 Å². The topological polar surface area (TPSA) is 80.3 Å². The van der Waals surface area contributed by atoms with Crippen molar-refractivity contribution in [1.82, 2.24) is 0 Å². The zero-order chi connectivity index (χ0) is 30.9. The number of ether oxygens (including phenoxy) is 3. The number of benzene rings is 4. The number of carbonyl (C=O) groups is 2. The van der Waals surface area contributed by atoms with Crippen LogP contribution in [0.2, 0.25) is 0 Å². The zero-order valence-electron chi connectivity index (χ0n) is 24.9. The normalized spacial score (nSPS) is 12.8. The summed E-state index contributed by atoms with van der Waals surface area (Å²) in [6.07, 6.45) is 3.46. The highest BCUT2D eigenvalue weighted by atomic mass is 79.9. The highest BCUT2D eigenvalue weighted by Gasteiger charge is 2.25. The lowest BCUT2D eigenvalue weighted by Gasteiger charge is -2.34. The van der Waals surface area contributed by atoms with Crippen molar-refractivity contribution in [2.45, 2.75) is 32.3 Å². The highest BCUT2D eigenvalue weighted by molar-refractivity contribution is 9.10. The predicted octanol–water partition coefficient (Wildman–Crippen LogP) is 7.42. The molecule has 0 atom stereocenters. The van der Waals surface area contributed by atoms with Gasteiger partial charge in [-0.3, -0.25) is 10.2 Å². The van der Waals surface area contributed by atoms with Crippen molar-refractivity contribution in [2.24, 2.45) is 0 Å². The van der Waals surface area contributed by atoms with Gasteiger partial charge in [0.1, 0.15) is 23.7 Å². The van der Waals surface area contributed by atoms with Crippen LogP contribution in [0.25, 0.3) is 0 Å². The van der Waals surface area contributed by atoms with Crippen LogP contribution in [-0.4, -0.2) is 39.2 Å². The Balaban J connectivity index is 1.43. The van der Waals surface area contributed by atoms with Crippen LogP contribution in [0.1, 0.15) is 40.7 Å². The Morgan fingerprint density at radius 2 is 1.59 bits per heavy atom. The van der Waals surface area contributed by atoms with Crippen LogP contribution >= 0.6 is 15.9 Å². The zero-order valence-corrected chi connectivity index (χ0v) is 26.5. The van der Waals surface area contributed by atoms with Crippen LogP contribution in [-0.2, 0) is 22.6 Å². The molecule has 0 unspecified atom stereocenters. The molecule has 0 aromatic heterocycles. The molecule has 0 radical (unpaired) electrons. The molecule has 1 saturated heterocycles. The maximum atomic E-state index is 14.2. The van der Waals surface area contributed by atoms with Crippen molar-refractivity contribution in [3.8, 4) is 11.5 Å². The van der Waals surface area contributed by atoms with E-state index in [9.17, 15) is 9.59 Å². The van der Waals surface area contributed by atoms with Gasteiger partial charge < -0.3 is 19.1 Å². The standard InChI is InChI=1S/C35H36BrN3O5/c1-42-33-21-26(30(36)23-29(33)35(41)43-2)22-34(40)39(32-14-8-7-13-31(32)38-19-9-4-10-20-38)37-27-15-17-28(18-16-27)44-24-25-11-5-3-6-12-25/h3,5-8,11-18,21,23,37H,4,9-10,19-20,22,24H2,1-2H3. The predicted molar refractivity (Wildman–Crippen MR) is 177 cm³/mol. The van der Waals surface area contributed by atoms with Crippen LogP contribution < -0.4 is 24.8 Å². The maximum absolute atomic E-state index is 14.2. The van der Waals surface area contributed by atoms with Gasteiger partial charge in [0.15, 0.2) is 0 Å². The lowest BCUT2D eigenvalue weighted by atomic mass is 10.1. The number of methoxy groups -OCH3 is 2. The second-order valence-corrected chi connectivity index (χ2v) is 11.3. The van der Waals surface area contributed by atoms with E-state index in [0.717, 1.165) is 54.3 Å². The summed E-state index contributed by atoms with van der Waals surface area (Å²) in [5, 5.41) is 1.61. The second kappa shape index (κ2) is 14.8. The first kappa shape index (κ1) is 30.9. The number of piperidine rings is 1. The summed E-state index contributed by atoms with van der Waals surface area (Å²) < 4.78 is 16.9. The fourth-order valence-corrected chi connectivity index (χ4v) is 5.70. The van der Waals surface area contributed by atoms with Crippen LogP contribution in [0.3, 0.4) is 0 Å². The molecule has 228 valence electrons. The molecule has 8 nitrogen and oxygen atoms in total. The molecule has 4 aromatic rings. The van der Waals surface area contributed by atoms with Crippen molar-refractivity contribution in [1.29, 1.82) is 0 Å². The van der Waals surface area contributed by atoms with E-state index in [1.807, 2.05) is 72.8 Å². The van der Waals surface area contributed by atoms with Gasteiger partial charge in [0.25, 0.3) is 0 Å². The van der Waals surface area contributed by atoms with Crippen molar-refractivity contribution in [2.75, 3.05) is 42.6 Å². The fourth-order valence-electron chi connectivity index (χ4n) is 5.22. The van der Waals surface area contributed by atoms with Gasteiger partial charge in [-0.1, -0.05) is 58.4 Å². The first-order valence-corrected chi connectivity index (χ1v) is 15.4. The lowest BCUT2D eigenvalue weighted by molar-refractivity contribution is -0.117. The number of hydrazine groups is 1. The van der Waals surface area contributed by atoms with Gasteiger partial charge in [-0.25, -0.2) is 9.80 Å². The van der Waals surface area contributed by atoms with Gasteiger partial charge in [-0.15, -0.1) is 0 Å². The third kappa shape index (κ3) is 7.52. The minimum atomic E-state index is -0.518. The number of amides is 1. The van der Waals surface area contributed by atoms with Crippen molar-refractivity contribution >= 4 is 44.9 Å². The second-order valence-electron chi connectivity index (χ2n) is 10.5. The first-order chi connectivity index (χ1) is 21.5. The van der Waals surface area contributed by atoms with E-state index in [1.165, 1.54) is 20.6 Å². The maximum Gasteiger partial charge on any atom is 0.341 e. The van der Waals surface area contributed by atoms with Crippen molar-refractivity contribution < 1.29 is 23.8 Å². The van der Waals surface area contributed by atoms with Gasteiger partial charge in [-0.2, -0.15) is 0 Å². The number of carbonyl (C=O) groups excluding carboxylic acids is 2. The Kier molecular flexibility index (Phi) is 10.4. The number of esters is 1. The van der Waals surface area contributed by atoms with E-state index < -0.39 is 5.97 Å². The Hall–Kier alpha value is -4.50. The lowest BCUT2D eigenvalue weighted by Crippen LogP contribution is -2.39. The molecular formula is C35H36BrN3O5. The molecule has 44 heavy (non-hydrogen) atoms. The molecule has 4 aromatic carbocycles. The Morgan fingerprint density at radius 1 is 0.886 bits per heavy atom. The molecule has 1 heterocycles. The molecule has 0 aliphatic carbocycles. The first-order valence-electron chi connectivity index (χ1n) is 14.6. The van der Waals surface area contributed by atoms with Gasteiger partial charge in [-0.05, 0) is 78.9 Å². The summed E-state index contributed by atoms with van der Waals surface area (Å²) >= 11 is 3.55. The van der Waals surface area contributed by atoms with E-state index >= 15 is 0 Å². The number of nitrogens with one attached hydrogen (secondary N) is 1. The van der Waals surface area contributed by atoms with Crippen LogP contribution in [0, 0.1) is 0 Å². The number of halogens is 1. The molecule has 5 rings (SSSR count). The number of rotatable bonds is 11. The minimum absolute atomic E-state index is 0.0397. The summed E-state index contributed by atoms with van der Waals surface area (Å²) in [5.41, 5.74) is 7.89. The van der Waals surface area contributed by atoms with Gasteiger partial charge in [0.05, 0.1) is 37.7 Å². The molecule has 1 N–H and O–H groups in total. The van der Waals surface area contributed by atoms with E-state index in [2.05, 4.69) is 32.3 Å². The molecule has 1 aliphatic heterocycles. The quantitative estimate of drug-likeness (QED) is 0.133. The third-order valence-electron chi connectivity index (χ3n) is 7.53. The van der Waals surface area contributed by atoms with Crippen LogP contribution in [0.15, 0.2) is 95.5 Å². The molecule has 1 amide bonds. The van der Waals surface area contributed by atoms with Crippen LogP contribution in [0.5, 0.6) is 11.5 Å². The summed E-state index contributed by atoms with van der Waals surface area (Å²) in [4.78, 5) is 28.8. The Morgan fingerprint density at radius 3 is 2.30 bits per heavy atom. The molecular weight excluding hydrogens is 622 g/mol. The summed E-state index contributed by atoms with van der Waals surface area (Å²) in [5.74, 6) is 0.359. The van der Waals surface area contributed by atoms with Crippen molar-refractivity contribution in [3.05, 3.63) is 112 Å². The van der Waals surface area contributed by atoms with Crippen LogP contribution in [0.4, 0.5) is 17.1 Å². The summed E-state index contributed by atoms with van der Waals surface area (Å²) in [7, 11) is 2.80. The summed E-state index contributed by atoms with van der Waals surface area (Å²) in [6, 6.07) is 28.9. The Bertz CT molecular complexity index is 1570. The number of hydrogen-bond acceptors (Lipinski definition) is 7. The largest absolute Gasteiger partial charge is 0.496 e. The minimum Gasteiger partial charge on any atom is -0.496 e. The van der Waals surface area contributed by atoms with Gasteiger partial charge in [0, 0.05) is 17.6 Å². The van der Waals surface area contributed by atoms with E-state index in [1.54, 1.807) is 17.1 Å². The Labute approximate surface area is 266 Å². The smallest absolute Gasteiger partial charge is 0.341 e. The SMILES string of the molecule is COC(=O)c1cc(Br)c(CC(=O)N(Nc2ccc(OCc3ccccc3)cc2)c2ccccc2N2CCCCC2)cc1OC. The highest BCUT2D eigenvalue weighted by Crippen LogP contribution is 2.34. The fraction of sp³-hybridized carbons (Fsp3) is 0.257. The number of para-hydroxylation sites is 2. The summed E-state index contributed by atoms with van der Waals surface area (Å²) in [6.45, 7) is 2.34. The number of nitrogens with zero attached hydrogens (tertiary/aromatic N) is 2. The molecule has 1 aliphatic rings. The number of anilines is 3. The van der Waals surface area contributed by atoms with E-state index in [-0.39, 0.29) is 17.9 Å². The third-order valence-corrected chi connectivity index (χ3v) is 8.27. The molecule has 9 heteroatoms. The van der Waals surface area contributed by atoms with Gasteiger partial charge in [0.2, 0.25) is 5.91 Å². The average Bonchev–Trinajstić information content (AvgIpc) is 3.08.